The number of carbonyl (C=O) groups is 3. The van der Waals surface area contributed by atoms with E-state index < -0.39 is 47.9 Å². The third-order valence-electron chi connectivity index (χ3n) is 3.95. The minimum Gasteiger partial charge on any atom is -0.550 e. The van der Waals surface area contributed by atoms with Crippen LogP contribution in [0, 0.1) is 17.8 Å². The number of nitrogens with zero attached hydrogens (tertiary/aromatic N) is 1. The van der Waals surface area contributed by atoms with Crippen LogP contribution in [0.15, 0.2) is 12.2 Å². The maximum Gasteiger partial charge on any atom is 0.410 e. The van der Waals surface area contributed by atoms with E-state index >= 15 is 0 Å². The van der Waals surface area contributed by atoms with E-state index in [1.54, 1.807) is 13.0 Å². The summed E-state index contributed by atoms with van der Waals surface area (Å²) in [5.74, 6) is -6.09. The zero-order valence-electron chi connectivity index (χ0n) is 10.4. The minimum absolute atomic E-state index is 0.471. The summed E-state index contributed by atoms with van der Waals surface area (Å²) in [4.78, 5) is 35.3. The Balaban J connectivity index is 2.45. The van der Waals surface area contributed by atoms with Crippen LogP contribution in [0.1, 0.15) is 6.92 Å². The number of methoxy groups -OCH3 is 1. The highest BCUT2D eigenvalue weighted by Gasteiger charge is 2.51. The van der Waals surface area contributed by atoms with E-state index in [4.69, 9.17) is 0 Å². The quantitative estimate of drug-likeness (QED) is 0.522. The molecule has 0 unspecified atom stereocenters. The van der Waals surface area contributed by atoms with Gasteiger partial charge >= 0.3 is 6.09 Å². The van der Waals surface area contributed by atoms with Gasteiger partial charge in [0.1, 0.15) is 0 Å². The average Bonchev–Trinajstić information content (AvgIpc) is 2.37. The number of amides is 1. The van der Waals surface area contributed by atoms with Crippen LogP contribution >= 0.6 is 0 Å². The Morgan fingerprint density at radius 3 is 2.16 bits per heavy atom. The topological polar surface area (TPSA) is 110 Å². The minimum atomic E-state index is -1.51. The normalized spacial score (nSPS) is 36.1. The fourth-order valence-corrected chi connectivity index (χ4v) is 3.10. The summed E-state index contributed by atoms with van der Waals surface area (Å²) < 4.78 is 4.61. The third-order valence-corrected chi connectivity index (χ3v) is 3.95. The Labute approximate surface area is 109 Å². The molecule has 0 aromatic rings. The number of ether oxygens (including phenoxy) is 1. The highest BCUT2D eigenvalue weighted by molar-refractivity contribution is 5.82. The summed E-state index contributed by atoms with van der Waals surface area (Å²) in [6.07, 6.45) is 2.45. The fraction of sp³-hybridized carbons (Fsp3) is 0.583. The van der Waals surface area contributed by atoms with Gasteiger partial charge in [0.15, 0.2) is 0 Å². The van der Waals surface area contributed by atoms with Crippen LogP contribution in [0.5, 0.6) is 0 Å². The van der Waals surface area contributed by atoms with Crippen molar-refractivity contribution in [2.75, 3.05) is 7.11 Å². The number of carboxylic acids is 2. The first-order valence-electron chi connectivity index (χ1n) is 5.86. The predicted octanol–water partition coefficient (Wildman–Crippen LogP) is -2.26. The summed E-state index contributed by atoms with van der Waals surface area (Å²) in [5, 5.41) is 22.4. The average molecular weight is 267 g/mol. The molecule has 2 bridgehead atoms. The first-order chi connectivity index (χ1) is 8.90. The molecule has 2 aliphatic heterocycles. The molecule has 0 spiro atoms. The zero-order chi connectivity index (χ0) is 14.3. The molecule has 104 valence electrons. The summed E-state index contributed by atoms with van der Waals surface area (Å²) in [6, 6.07) is -1.36. The lowest BCUT2D eigenvalue weighted by Crippen LogP contribution is -2.67. The zero-order valence-corrected chi connectivity index (χ0v) is 10.4. The lowest BCUT2D eigenvalue weighted by Gasteiger charge is -2.54. The number of aliphatic carboxylic acids is 2. The van der Waals surface area contributed by atoms with E-state index in [-0.39, 0.29) is 0 Å². The van der Waals surface area contributed by atoms with Crippen molar-refractivity contribution in [3.8, 4) is 0 Å². The number of hydrogen-bond acceptors (Lipinski definition) is 6. The second kappa shape index (κ2) is 4.56. The van der Waals surface area contributed by atoms with Gasteiger partial charge in [-0.05, 0) is 6.92 Å². The van der Waals surface area contributed by atoms with Crippen LogP contribution in [0.2, 0.25) is 0 Å². The maximum atomic E-state index is 11.7. The summed E-state index contributed by atoms with van der Waals surface area (Å²) in [6.45, 7) is 1.65. The number of piperidine rings is 1. The SMILES string of the molecule is COC(=O)N1[C@H](C)[C@@H]2C=C[C@@H]1[C@@H](C(=O)[O-])[C@H]2C(=O)[O-]. The van der Waals surface area contributed by atoms with Crippen molar-refractivity contribution < 1.29 is 29.3 Å². The van der Waals surface area contributed by atoms with E-state index in [1.807, 2.05) is 0 Å². The van der Waals surface area contributed by atoms with Gasteiger partial charge in [-0.2, -0.15) is 0 Å². The second-order valence-electron chi connectivity index (χ2n) is 4.76. The number of rotatable bonds is 2. The van der Waals surface area contributed by atoms with Crippen molar-refractivity contribution in [3.05, 3.63) is 12.2 Å². The van der Waals surface area contributed by atoms with Gasteiger partial charge in [-0.25, -0.2) is 4.79 Å². The number of carbonyl (C=O) groups excluding carboxylic acids is 3. The van der Waals surface area contributed by atoms with E-state index in [0.29, 0.717) is 0 Å². The van der Waals surface area contributed by atoms with Crippen molar-refractivity contribution in [1.82, 2.24) is 4.90 Å². The van der Waals surface area contributed by atoms with Gasteiger partial charge in [-0.1, -0.05) is 12.2 Å². The number of hydrogen-bond donors (Lipinski definition) is 0. The Bertz CT molecular complexity index is 459. The third kappa shape index (κ3) is 1.85. The van der Waals surface area contributed by atoms with Crippen molar-refractivity contribution in [2.45, 2.75) is 19.0 Å². The summed E-state index contributed by atoms with van der Waals surface area (Å²) >= 11 is 0. The molecule has 2 heterocycles. The molecular formula is C12H13NO6-2. The first-order valence-corrected chi connectivity index (χ1v) is 5.86. The van der Waals surface area contributed by atoms with Crippen LogP contribution in [0.4, 0.5) is 4.79 Å². The van der Waals surface area contributed by atoms with Gasteiger partial charge in [-0.15, -0.1) is 0 Å². The molecule has 1 aliphatic carbocycles. The lowest BCUT2D eigenvalue weighted by molar-refractivity contribution is -0.332. The van der Waals surface area contributed by atoms with E-state index in [1.165, 1.54) is 18.1 Å². The lowest BCUT2D eigenvalue weighted by atomic mass is 9.66. The van der Waals surface area contributed by atoms with Gasteiger partial charge in [0.05, 0.1) is 13.2 Å². The van der Waals surface area contributed by atoms with Gasteiger partial charge < -0.3 is 24.5 Å². The van der Waals surface area contributed by atoms with E-state index in [0.717, 1.165) is 0 Å². The predicted molar refractivity (Wildman–Crippen MR) is 57.1 cm³/mol. The Hall–Kier alpha value is -2.05. The Morgan fingerprint density at radius 1 is 1.11 bits per heavy atom. The molecule has 0 radical (unpaired) electrons. The summed E-state index contributed by atoms with van der Waals surface area (Å²) in [7, 11) is 1.19. The Morgan fingerprint density at radius 2 is 1.68 bits per heavy atom. The molecular weight excluding hydrogens is 254 g/mol. The standard InChI is InChI=1S/C12H15NO6/c1-5-6-3-4-7(13(5)12(18)19-2)9(11(16)17)8(6)10(14)15/h3-9H,1-2H3,(H,14,15)(H,16,17)/p-2/t5-,6+,7-,8+,9-/m1/s1. The smallest absolute Gasteiger partial charge is 0.410 e. The molecule has 0 N–H and O–H groups in total. The monoisotopic (exact) mass is 267 g/mol. The number of carboxylic acid groups (broad SMARTS) is 2. The molecule has 3 rings (SSSR count). The summed E-state index contributed by atoms with van der Waals surface area (Å²) in [5.41, 5.74) is 0. The second-order valence-corrected chi connectivity index (χ2v) is 4.76. The van der Waals surface area contributed by atoms with Crippen molar-refractivity contribution in [3.63, 3.8) is 0 Å². The van der Waals surface area contributed by atoms with Crippen molar-refractivity contribution >= 4 is 18.0 Å². The van der Waals surface area contributed by atoms with Crippen LogP contribution < -0.4 is 10.2 Å². The molecule has 19 heavy (non-hydrogen) atoms. The molecule has 0 saturated carbocycles. The van der Waals surface area contributed by atoms with Crippen LogP contribution in [0.25, 0.3) is 0 Å². The number of fused-ring (bicyclic) bond motifs is 2. The van der Waals surface area contributed by atoms with Gasteiger partial charge in [0, 0.05) is 35.7 Å². The van der Waals surface area contributed by atoms with Crippen molar-refractivity contribution in [1.29, 1.82) is 0 Å². The highest BCUT2D eigenvalue weighted by atomic mass is 16.5. The Kier molecular flexibility index (Phi) is 3.21. The molecule has 0 aromatic carbocycles. The van der Waals surface area contributed by atoms with E-state index in [2.05, 4.69) is 4.74 Å². The van der Waals surface area contributed by atoms with Crippen molar-refractivity contribution in [2.24, 2.45) is 17.8 Å². The molecule has 3 aliphatic rings. The molecule has 7 nitrogen and oxygen atoms in total. The fourth-order valence-electron chi connectivity index (χ4n) is 3.10. The van der Waals surface area contributed by atoms with E-state index in [9.17, 15) is 24.6 Å². The van der Waals surface area contributed by atoms with Crippen LogP contribution in [-0.4, -0.2) is 42.1 Å². The van der Waals surface area contributed by atoms with Gasteiger partial charge in [0.25, 0.3) is 0 Å². The van der Waals surface area contributed by atoms with Crippen LogP contribution in [0.3, 0.4) is 0 Å². The molecule has 5 atom stereocenters. The van der Waals surface area contributed by atoms with Gasteiger partial charge in [-0.3, -0.25) is 4.90 Å². The molecule has 1 saturated heterocycles. The largest absolute Gasteiger partial charge is 0.550 e. The molecule has 7 heteroatoms. The highest BCUT2D eigenvalue weighted by Crippen LogP contribution is 2.42. The van der Waals surface area contributed by atoms with Gasteiger partial charge in [0.2, 0.25) is 0 Å². The molecule has 0 aromatic heterocycles. The van der Waals surface area contributed by atoms with Crippen LogP contribution in [-0.2, 0) is 14.3 Å². The first kappa shape index (κ1) is 13.4. The molecule has 1 amide bonds. The maximum absolute atomic E-state index is 11.7. The molecule has 1 fully saturated rings.